The molecule has 4 N–H and O–H groups in total. The van der Waals surface area contributed by atoms with Crippen LogP contribution in [-0.2, 0) is 0 Å². The first-order chi connectivity index (χ1) is 7.91. The molecule has 1 unspecified atom stereocenters. The summed E-state index contributed by atoms with van der Waals surface area (Å²) in [5, 5.41) is 30.9. The van der Waals surface area contributed by atoms with Gasteiger partial charge in [0.15, 0.2) is 0 Å². The highest BCUT2D eigenvalue weighted by atomic mass is 19.1. The normalized spacial score (nSPS) is 13.7. The van der Waals surface area contributed by atoms with Crippen LogP contribution in [0.4, 0.5) is 4.39 Å². The molecule has 17 heavy (non-hydrogen) atoms. The number of phenolic OH excluding ortho intramolecular Hbond substituents is 1. The molecule has 0 aliphatic heterocycles. The van der Waals surface area contributed by atoms with Crippen LogP contribution in [0.25, 0.3) is 0 Å². The van der Waals surface area contributed by atoms with Gasteiger partial charge >= 0.3 is 0 Å². The molecule has 1 atom stereocenters. The largest absolute Gasteiger partial charge is 0.508 e. The van der Waals surface area contributed by atoms with Crippen LogP contribution in [0.3, 0.4) is 0 Å². The Morgan fingerprint density at radius 2 is 1.94 bits per heavy atom. The molecule has 1 aromatic rings. The Kier molecular flexibility index (Phi) is 4.45. The third-order valence-electron chi connectivity index (χ3n) is 2.72. The Labute approximate surface area is 99.7 Å². The number of phenols is 1. The lowest BCUT2D eigenvalue weighted by Gasteiger charge is -2.30. The van der Waals surface area contributed by atoms with Crippen LogP contribution < -0.4 is 5.32 Å². The van der Waals surface area contributed by atoms with Crippen molar-refractivity contribution in [2.24, 2.45) is 0 Å². The van der Waals surface area contributed by atoms with Crippen LogP contribution >= 0.6 is 0 Å². The Hall–Kier alpha value is -1.17. The first-order valence-electron chi connectivity index (χ1n) is 5.39. The summed E-state index contributed by atoms with van der Waals surface area (Å²) in [7, 11) is 0. The smallest absolute Gasteiger partial charge is 0.123 e. The van der Waals surface area contributed by atoms with Crippen LogP contribution in [0.2, 0.25) is 0 Å². The molecule has 4 nitrogen and oxygen atoms in total. The highest BCUT2D eigenvalue weighted by Gasteiger charge is 2.25. The maximum Gasteiger partial charge on any atom is 0.123 e. The Balaban J connectivity index is 2.89. The van der Waals surface area contributed by atoms with E-state index in [-0.39, 0.29) is 19.0 Å². The van der Waals surface area contributed by atoms with Gasteiger partial charge in [-0.25, -0.2) is 4.39 Å². The molecule has 1 rings (SSSR count). The second-order valence-corrected chi connectivity index (χ2v) is 4.45. The van der Waals surface area contributed by atoms with E-state index in [1.165, 1.54) is 18.2 Å². The van der Waals surface area contributed by atoms with Crippen molar-refractivity contribution in [3.05, 3.63) is 29.6 Å². The van der Waals surface area contributed by atoms with Gasteiger partial charge in [0.1, 0.15) is 11.6 Å². The maximum atomic E-state index is 13.1. The van der Waals surface area contributed by atoms with Crippen molar-refractivity contribution in [2.75, 3.05) is 13.2 Å². The summed E-state index contributed by atoms with van der Waals surface area (Å²) < 4.78 is 13.1. The van der Waals surface area contributed by atoms with E-state index in [1.807, 2.05) is 0 Å². The van der Waals surface area contributed by atoms with Gasteiger partial charge in [-0.05, 0) is 32.0 Å². The van der Waals surface area contributed by atoms with Gasteiger partial charge in [0.05, 0.1) is 18.8 Å². The number of hydrogen-bond acceptors (Lipinski definition) is 4. The van der Waals surface area contributed by atoms with Gasteiger partial charge in [-0.1, -0.05) is 0 Å². The molecule has 0 heterocycles. The Morgan fingerprint density at radius 3 is 2.47 bits per heavy atom. The fourth-order valence-electron chi connectivity index (χ4n) is 1.61. The number of aliphatic hydroxyl groups excluding tert-OH is 2. The number of hydrogen-bond donors (Lipinski definition) is 4. The summed E-state index contributed by atoms with van der Waals surface area (Å²) in [6, 6.07) is 3.28. The Bertz CT molecular complexity index is 380. The van der Waals surface area contributed by atoms with Gasteiger partial charge < -0.3 is 20.6 Å². The van der Waals surface area contributed by atoms with Crippen LogP contribution in [0.15, 0.2) is 18.2 Å². The van der Waals surface area contributed by atoms with E-state index in [4.69, 9.17) is 10.2 Å². The number of rotatable bonds is 5. The minimum absolute atomic E-state index is 0.0235. The summed E-state index contributed by atoms with van der Waals surface area (Å²) >= 11 is 0. The number of halogens is 1. The molecule has 0 amide bonds. The van der Waals surface area contributed by atoms with Crippen LogP contribution in [0.1, 0.15) is 25.5 Å². The second-order valence-electron chi connectivity index (χ2n) is 4.45. The summed E-state index contributed by atoms with van der Waals surface area (Å²) in [5.74, 6) is -0.467. The highest BCUT2D eigenvalue weighted by Crippen LogP contribution is 2.26. The lowest BCUT2D eigenvalue weighted by molar-refractivity contribution is 0.0954. The molecule has 0 fully saturated rings. The van der Waals surface area contributed by atoms with Gasteiger partial charge in [-0.3, -0.25) is 0 Å². The SMILES string of the molecule is CC(NC(C)(CO)CO)c1cc(F)ccc1O. The lowest BCUT2D eigenvalue weighted by Crippen LogP contribution is -2.49. The van der Waals surface area contributed by atoms with Gasteiger partial charge in [0, 0.05) is 11.6 Å². The summed E-state index contributed by atoms with van der Waals surface area (Å²) in [4.78, 5) is 0. The average molecular weight is 243 g/mol. The summed E-state index contributed by atoms with van der Waals surface area (Å²) in [5.41, 5.74) is -0.490. The second kappa shape index (κ2) is 5.44. The number of benzene rings is 1. The predicted molar refractivity (Wildman–Crippen MR) is 62.2 cm³/mol. The van der Waals surface area contributed by atoms with Crippen LogP contribution in [0.5, 0.6) is 5.75 Å². The molecule has 0 radical (unpaired) electrons. The van der Waals surface area contributed by atoms with Crippen LogP contribution in [-0.4, -0.2) is 34.1 Å². The van der Waals surface area contributed by atoms with Crippen molar-refractivity contribution in [3.63, 3.8) is 0 Å². The van der Waals surface area contributed by atoms with E-state index in [1.54, 1.807) is 13.8 Å². The van der Waals surface area contributed by atoms with E-state index in [0.29, 0.717) is 5.56 Å². The average Bonchev–Trinajstić information content (AvgIpc) is 2.32. The van der Waals surface area contributed by atoms with Gasteiger partial charge in [-0.2, -0.15) is 0 Å². The fraction of sp³-hybridized carbons (Fsp3) is 0.500. The lowest BCUT2D eigenvalue weighted by atomic mass is 10.00. The molecule has 0 saturated carbocycles. The number of nitrogens with one attached hydrogen (secondary N) is 1. The zero-order chi connectivity index (χ0) is 13.1. The van der Waals surface area contributed by atoms with E-state index in [2.05, 4.69) is 5.32 Å². The molecule has 0 aliphatic carbocycles. The minimum Gasteiger partial charge on any atom is -0.508 e. The molecule has 0 aliphatic rings. The first-order valence-corrected chi connectivity index (χ1v) is 5.39. The quantitative estimate of drug-likeness (QED) is 0.620. The van der Waals surface area contributed by atoms with Crippen molar-refractivity contribution in [2.45, 2.75) is 25.4 Å². The van der Waals surface area contributed by atoms with Gasteiger partial charge in [0.2, 0.25) is 0 Å². The fourth-order valence-corrected chi connectivity index (χ4v) is 1.61. The molecule has 0 bridgehead atoms. The third kappa shape index (κ3) is 3.39. The van der Waals surface area contributed by atoms with Gasteiger partial charge in [-0.15, -0.1) is 0 Å². The summed E-state index contributed by atoms with van der Waals surface area (Å²) in [6.07, 6.45) is 0. The predicted octanol–water partition coefficient (Wildman–Crippen LogP) is 0.925. The molecule has 0 spiro atoms. The van der Waals surface area contributed by atoms with Gasteiger partial charge in [0.25, 0.3) is 0 Å². The standard InChI is InChI=1S/C12H18FNO3/c1-8(14-12(2,6-15)7-16)10-5-9(13)3-4-11(10)17/h3-5,8,14-17H,6-7H2,1-2H3. The molecule has 5 heteroatoms. The first kappa shape index (κ1) is 13.9. The van der Waals surface area contributed by atoms with Crippen molar-refractivity contribution in [3.8, 4) is 5.75 Å². The number of aromatic hydroxyl groups is 1. The number of aliphatic hydroxyl groups is 2. The molecule has 0 aromatic heterocycles. The molecule has 0 saturated heterocycles. The molecular weight excluding hydrogens is 225 g/mol. The summed E-state index contributed by atoms with van der Waals surface area (Å²) in [6.45, 7) is 2.84. The van der Waals surface area contributed by atoms with Crippen LogP contribution in [0, 0.1) is 5.82 Å². The van der Waals surface area contributed by atoms with Crippen molar-refractivity contribution in [1.29, 1.82) is 0 Å². The van der Waals surface area contributed by atoms with Crippen molar-refractivity contribution >= 4 is 0 Å². The third-order valence-corrected chi connectivity index (χ3v) is 2.72. The van der Waals surface area contributed by atoms with Crippen molar-refractivity contribution < 1.29 is 19.7 Å². The molecular formula is C12H18FNO3. The van der Waals surface area contributed by atoms with E-state index in [0.717, 1.165) is 0 Å². The minimum atomic E-state index is -0.877. The van der Waals surface area contributed by atoms with E-state index in [9.17, 15) is 9.50 Å². The maximum absolute atomic E-state index is 13.1. The van der Waals surface area contributed by atoms with E-state index < -0.39 is 17.4 Å². The molecule has 1 aromatic carbocycles. The molecule has 96 valence electrons. The Morgan fingerprint density at radius 1 is 1.35 bits per heavy atom. The monoisotopic (exact) mass is 243 g/mol. The zero-order valence-electron chi connectivity index (χ0n) is 9.94. The highest BCUT2D eigenvalue weighted by molar-refractivity contribution is 5.35. The zero-order valence-corrected chi connectivity index (χ0v) is 9.94. The topological polar surface area (TPSA) is 72.7 Å². The van der Waals surface area contributed by atoms with Crippen molar-refractivity contribution in [1.82, 2.24) is 5.32 Å². The van der Waals surface area contributed by atoms with E-state index >= 15 is 0 Å².